The summed E-state index contributed by atoms with van der Waals surface area (Å²) in [6.07, 6.45) is 3.60. The van der Waals surface area contributed by atoms with Crippen molar-refractivity contribution in [2.75, 3.05) is 6.54 Å². The quantitative estimate of drug-likeness (QED) is 0.805. The Bertz CT molecular complexity index is 340. The molecule has 88 valence electrons. The van der Waals surface area contributed by atoms with E-state index in [1.165, 1.54) is 18.4 Å². The Hall–Kier alpha value is -0.890. The number of halogens is 1. The molecule has 1 fully saturated rings. The lowest BCUT2D eigenvalue weighted by Crippen LogP contribution is -2.33. The first-order valence-corrected chi connectivity index (χ1v) is 6.16. The van der Waals surface area contributed by atoms with Crippen LogP contribution in [0.2, 0.25) is 0 Å². The second-order valence-corrected chi connectivity index (χ2v) is 4.98. The van der Waals surface area contributed by atoms with E-state index in [1.807, 2.05) is 12.1 Å². The highest BCUT2D eigenvalue weighted by Gasteiger charge is 2.43. The summed E-state index contributed by atoms with van der Waals surface area (Å²) < 4.78 is 12.8. The van der Waals surface area contributed by atoms with Crippen LogP contribution in [0.1, 0.15) is 38.7 Å². The summed E-state index contributed by atoms with van der Waals surface area (Å²) in [5.41, 5.74) is 1.57. The Morgan fingerprint density at radius 1 is 1.31 bits per heavy atom. The molecule has 1 nitrogen and oxygen atoms in total. The predicted octanol–water partition coefficient (Wildman–Crippen LogP) is 3.25. The zero-order valence-electron chi connectivity index (χ0n) is 10.1. The smallest absolute Gasteiger partial charge is 0.123 e. The van der Waals surface area contributed by atoms with Gasteiger partial charge in [-0.15, -0.1) is 0 Å². The van der Waals surface area contributed by atoms with Crippen LogP contribution in [0.15, 0.2) is 24.3 Å². The normalized spacial score (nSPS) is 19.4. The molecule has 1 N–H and O–H groups in total. The van der Waals surface area contributed by atoms with Crippen molar-refractivity contribution in [1.29, 1.82) is 0 Å². The van der Waals surface area contributed by atoms with Crippen molar-refractivity contribution >= 4 is 0 Å². The maximum absolute atomic E-state index is 12.8. The van der Waals surface area contributed by atoms with Crippen LogP contribution < -0.4 is 5.32 Å². The highest BCUT2D eigenvalue weighted by molar-refractivity contribution is 5.32. The molecule has 1 aliphatic carbocycles. The summed E-state index contributed by atoms with van der Waals surface area (Å²) in [5.74, 6) is -0.144. The van der Waals surface area contributed by atoms with Crippen molar-refractivity contribution < 1.29 is 4.39 Å². The van der Waals surface area contributed by atoms with Gasteiger partial charge in [0, 0.05) is 18.0 Å². The summed E-state index contributed by atoms with van der Waals surface area (Å²) in [6.45, 7) is 5.42. The zero-order valence-corrected chi connectivity index (χ0v) is 10.1. The van der Waals surface area contributed by atoms with Gasteiger partial charge >= 0.3 is 0 Å². The SMILES string of the molecule is CCC(C)NCC1(c2ccc(F)cc2)CC1. The van der Waals surface area contributed by atoms with Crippen LogP contribution in [0, 0.1) is 5.82 Å². The number of nitrogens with one attached hydrogen (secondary N) is 1. The van der Waals surface area contributed by atoms with E-state index in [0.717, 1.165) is 13.0 Å². The minimum atomic E-state index is -0.144. The Balaban J connectivity index is 2.00. The lowest BCUT2D eigenvalue weighted by molar-refractivity contribution is 0.486. The molecule has 0 spiro atoms. The molecule has 1 aliphatic rings. The lowest BCUT2D eigenvalue weighted by Gasteiger charge is -2.19. The predicted molar refractivity (Wildman–Crippen MR) is 65.1 cm³/mol. The van der Waals surface area contributed by atoms with Crippen LogP contribution in [-0.2, 0) is 5.41 Å². The zero-order chi connectivity index (χ0) is 11.6. The first kappa shape index (κ1) is 11.6. The van der Waals surface area contributed by atoms with Gasteiger partial charge in [0.25, 0.3) is 0 Å². The maximum atomic E-state index is 12.8. The fraction of sp³-hybridized carbons (Fsp3) is 0.571. The Morgan fingerprint density at radius 2 is 1.94 bits per heavy atom. The van der Waals surface area contributed by atoms with Gasteiger partial charge in [-0.3, -0.25) is 0 Å². The van der Waals surface area contributed by atoms with Gasteiger partial charge in [0.1, 0.15) is 5.82 Å². The molecule has 1 aromatic rings. The van der Waals surface area contributed by atoms with Crippen LogP contribution in [0.25, 0.3) is 0 Å². The maximum Gasteiger partial charge on any atom is 0.123 e. The number of hydrogen-bond donors (Lipinski definition) is 1. The van der Waals surface area contributed by atoms with E-state index in [2.05, 4.69) is 19.2 Å². The van der Waals surface area contributed by atoms with Gasteiger partial charge in [0.15, 0.2) is 0 Å². The Kier molecular flexibility index (Phi) is 3.29. The lowest BCUT2D eigenvalue weighted by atomic mass is 9.95. The van der Waals surface area contributed by atoms with Gasteiger partial charge in [0.05, 0.1) is 0 Å². The number of benzene rings is 1. The number of hydrogen-bond acceptors (Lipinski definition) is 1. The van der Waals surface area contributed by atoms with Gasteiger partial charge < -0.3 is 5.32 Å². The van der Waals surface area contributed by atoms with Crippen LogP contribution in [0.3, 0.4) is 0 Å². The minimum absolute atomic E-state index is 0.144. The molecule has 0 radical (unpaired) electrons. The van der Waals surface area contributed by atoms with E-state index in [-0.39, 0.29) is 11.2 Å². The fourth-order valence-electron chi connectivity index (χ4n) is 2.04. The molecule has 2 heteroatoms. The largest absolute Gasteiger partial charge is 0.313 e. The Labute approximate surface area is 97.1 Å². The van der Waals surface area contributed by atoms with E-state index >= 15 is 0 Å². The van der Waals surface area contributed by atoms with E-state index in [4.69, 9.17) is 0 Å². The van der Waals surface area contributed by atoms with Crippen molar-refractivity contribution in [2.45, 2.75) is 44.6 Å². The molecule has 1 unspecified atom stereocenters. The molecule has 0 aromatic heterocycles. The summed E-state index contributed by atoms with van der Waals surface area (Å²) >= 11 is 0. The monoisotopic (exact) mass is 221 g/mol. The van der Waals surface area contributed by atoms with E-state index in [0.29, 0.717) is 6.04 Å². The van der Waals surface area contributed by atoms with Crippen molar-refractivity contribution in [3.8, 4) is 0 Å². The van der Waals surface area contributed by atoms with Gasteiger partial charge in [-0.25, -0.2) is 4.39 Å². The van der Waals surface area contributed by atoms with E-state index in [9.17, 15) is 4.39 Å². The molecule has 0 bridgehead atoms. The highest BCUT2D eigenvalue weighted by Crippen LogP contribution is 2.47. The average molecular weight is 221 g/mol. The molecule has 0 aliphatic heterocycles. The third-order valence-electron chi connectivity index (χ3n) is 3.71. The van der Waals surface area contributed by atoms with Crippen LogP contribution >= 0.6 is 0 Å². The number of rotatable bonds is 5. The average Bonchev–Trinajstić information content (AvgIpc) is 3.08. The van der Waals surface area contributed by atoms with Crippen LogP contribution in [0.4, 0.5) is 4.39 Å². The molecule has 2 rings (SSSR count). The molecule has 0 heterocycles. The highest BCUT2D eigenvalue weighted by atomic mass is 19.1. The van der Waals surface area contributed by atoms with Crippen LogP contribution in [-0.4, -0.2) is 12.6 Å². The minimum Gasteiger partial charge on any atom is -0.313 e. The molecule has 0 saturated heterocycles. The molecular weight excluding hydrogens is 201 g/mol. The van der Waals surface area contributed by atoms with E-state index in [1.54, 1.807) is 12.1 Å². The van der Waals surface area contributed by atoms with E-state index < -0.39 is 0 Å². The van der Waals surface area contributed by atoms with Gasteiger partial charge in [0.2, 0.25) is 0 Å². The third kappa shape index (κ3) is 2.43. The van der Waals surface area contributed by atoms with Crippen molar-refractivity contribution in [3.63, 3.8) is 0 Å². The van der Waals surface area contributed by atoms with Crippen LogP contribution in [0.5, 0.6) is 0 Å². The Morgan fingerprint density at radius 3 is 2.44 bits per heavy atom. The second-order valence-electron chi connectivity index (χ2n) is 4.98. The third-order valence-corrected chi connectivity index (χ3v) is 3.71. The van der Waals surface area contributed by atoms with Crippen molar-refractivity contribution in [2.24, 2.45) is 0 Å². The molecular formula is C14H20FN. The second kappa shape index (κ2) is 4.54. The van der Waals surface area contributed by atoms with Gasteiger partial charge in [-0.1, -0.05) is 19.1 Å². The first-order valence-electron chi connectivity index (χ1n) is 6.16. The molecule has 1 aromatic carbocycles. The summed E-state index contributed by atoms with van der Waals surface area (Å²) in [7, 11) is 0. The summed E-state index contributed by atoms with van der Waals surface area (Å²) in [6, 6.07) is 7.57. The van der Waals surface area contributed by atoms with Crippen molar-refractivity contribution in [1.82, 2.24) is 5.32 Å². The topological polar surface area (TPSA) is 12.0 Å². The van der Waals surface area contributed by atoms with Crippen molar-refractivity contribution in [3.05, 3.63) is 35.6 Å². The fourth-order valence-corrected chi connectivity index (χ4v) is 2.04. The van der Waals surface area contributed by atoms with Gasteiger partial charge in [-0.05, 0) is 43.9 Å². The van der Waals surface area contributed by atoms with Gasteiger partial charge in [-0.2, -0.15) is 0 Å². The molecule has 0 amide bonds. The summed E-state index contributed by atoms with van der Waals surface area (Å²) in [5, 5.41) is 3.55. The summed E-state index contributed by atoms with van der Waals surface area (Å²) in [4.78, 5) is 0. The molecule has 1 atom stereocenters. The molecule has 16 heavy (non-hydrogen) atoms. The molecule has 1 saturated carbocycles. The standard InChI is InChI=1S/C14H20FN/c1-3-11(2)16-10-14(8-9-14)12-4-6-13(15)7-5-12/h4-7,11,16H,3,8-10H2,1-2H3. The first-order chi connectivity index (χ1) is 7.66.